The molecule has 2 saturated heterocycles. The van der Waals surface area contributed by atoms with E-state index in [9.17, 15) is 13.7 Å². The van der Waals surface area contributed by atoms with Crippen molar-refractivity contribution in [2.24, 2.45) is 0 Å². The van der Waals surface area contributed by atoms with E-state index in [1.807, 2.05) is 23.1 Å². The zero-order valence-electron chi connectivity index (χ0n) is 26.7. The van der Waals surface area contributed by atoms with E-state index in [0.717, 1.165) is 23.0 Å². The van der Waals surface area contributed by atoms with Crippen LogP contribution in [-0.4, -0.2) is 76.2 Å². The number of hydrogen-bond donors (Lipinski definition) is 0. The highest BCUT2D eigenvalue weighted by molar-refractivity contribution is 7.93. The number of anilines is 1. The number of oxazole rings is 1. The monoisotopic (exact) mass is 669 g/mol. The van der Waals surface area contributed by atoms with Crippen LogP contribution in [0, 0.1) is 11.3 Å². The molecule has 0 saturated carbocycles. The number of carbonyl (C=O) groups excluding carboxylic acids is 1. The summed E-state index contributed by atoms with van der Waals surface area (Å²) in [7, 11) is -1.44. The highest BCUT2D eigenvalue weighted by atomic mass is 32.2. The molecule has 4 aromatic rings. The molecule has 48 heavy (non-hydrogen) atoms. The Labute approximate surface area is 279 Å². The molecule has 2 fully saturated rings. The van der Waals surface area contributed by atoms with Crippen molar-refractivity contribution in [3.05, 3.63) is 101 Å². The van der Waals surface area contributed by atoms with Gasteiger partial charge in [0.2, 0.25) is 5.89 Å². The van der Waals surface area contributed by atoms with E-state index in [2.05, 4.69) is 16.0 Å². The van der Waals surface area contributed by atoms with E-state index in [-0.39, 0.29) is 16.1 Å². The summed E-state index contributed by atoms with van der Waals surface area (Å²) in [4.78, 5) is 24.2. The van der Waals surface area contributed by atoms with Crippen LogP contribution in [0.25, 0.3) is 0 Å². The highest BCUT2D eigenvalue weighted by Crippen LogP contribution is 2.56. The van der Waals surface area contributed by atoms with Gasteiger partial charge in [-0.1, -0.05) is 6.07 Å². The number of methoxy groups -OCH3 is 2. The van der Waals surface area contributed by atoms with Gasteiger partial charge in [-0.25, -0.2) is 17.7 Å². The third-order valence-corrected chi connectivity index (χ3v) is 11.1. The lowest BCUT2D eigenvalue weighted by Crippen LogP contribution is -2.54. The molecule has 4 heterocycles. The zero-order chi connectivity index (χ0) is 33.5. The lowest BCUT2D eigenvalue weighted by atomic mass is 9.79. The van der Waals surface area contributed by atoms with Crippen LogP contribution in [0.2, 0.25) is 0 Å². The van der Waals surface area contributed by atoms with Crippen molar-refractivity contribution < 1.29 is 31.8 Å². The smallest absolute Gasteiger partial charge is 0.271 e. The lowest BCUT2D eigenvalue weighted by Gasteiger charge is -2.41. The first-order valence-electron chi connectivity index (χ1n) is 15.7. The number of aromatic nitrogens is 1. The third kappa shape index (κ3) is 5.12. The molecule has 3 aliphatic rings. The predicted octanol–water partition coefficient (Wildman–Crippen LogP) is 4.21. The largest absolute Gasteiger partial charge is 0.497 e. The number of hydrogen-bond acceptors (Lipinski definition) is 11. The van der Waals surface area contributed by atoms with Gasteiger partial charge >= 0.3 is 0 Å². The second-order valence-corrected chi connectivity index (χ2v) is 13.7. The average molecular weight is 670 g/mol. The molecule has 0 aliphatic carbocycles. The molecule has 1 aromatic heterocycles. The first kappa shape index (κ1) is 31.8. The molecule has 3 aromatic carbocycles. The van der Waals surface area contributed by atoms with Gasteiger partial charge < -0.3 is 18.6 Å². The fourth-order valence-corrected chi connectivity index (χ4v) is 8.67. The summed E-state index contributed by atoms with van der Waals surface area (Å²) in [6.07, 6.45) is 4.35. The SMILES string of the molecule is COc1ccc(S(=O)(=O)N2C(=O)C(c3cc(CN4CCOCC4)ccc3OC)(N3CCC[C@H]3c3ncco3)c3cc(C#N)ccc32)cc1. The number of benzene rings is 3. The number of ether oxygens (including phenoxy) is 3. The van der Waals surface area contributed by atoms with Gasteiger partial charge in [0, 0.05) is 37.3 Å². The second-order valence-electron chi connectivity index (χ2n) is 11.9. The fraction of sp³-hybridized carbons (Fsp3) is 0.343. The summed E-state index contributed by atoms with van der Waals surface area (Å²) in [5.41, 5.74) is 0.468. The van der Waals surface area contributed by atoms with Crippen molar-refractivity contribution in [3.8, 4) is 17.6 Å². The van der Waals surface area contributed by atoms with Crippen LogP contribution in [0.1, 0.15) is 47.0 Å². The van der Waals surface area contributed by atoms with E-state index < -0.39 is 27.5 Å². The van der Waals surface area contributed by atoms with E-state index in [1.54, 1.807) is 12.3 Å². The Hall–Kier alpha value is -4.74. The quantitative estimate of drug-likeness (QED) is 0.253. The molecule has 13 heteroatoms. The minimum absolute atomic E-state index is 0.0820. The molecule has 1 amide bonds. The van der Waals surface area contributed by atoms with Gasteiger partial charge in [-0.2, -0.15) is 5.26 Å². The van der Waals surface area contributed by atoms with Gasteiger partial charge in [0.15, 0.2) is 5.54 Å². The van der Waals surface area contributed by atoms with Gasteiger partial charge in [0.1, 0.15) is 17.8 Å². The number of sulfonamides is 1. The zero-order valence-corrected chi connectivity index (χ0v) is 27.5. The Morgan fingerprint density at radius 1 is 1.00 bits per heavy atom. The first-order chi connectivity index (χ1) is 23.3. The molecular weight excluding hydrogens is 634 g/mol. The number of fused-ring (bicyclic) bond motifs is 1. The maximum Gasteiger partial charge on any atom is 0.271 e. The summed E-state index contributed by atoms with van der Waals surface area (Å²) in [6, 6.07) is 18.0. The number of amides is 1. The number of rotatable bonds is 9. The van der Waals surface area contributed by atoms with Crippen LogP contribution in [0.5, 0.6) is 11.5 Å². The Morgan fingerprint density at radius 2 is 1.79 bits per heavy atom. The molecule has 248 valence electrons. The summed E-state index contributed by atoms with van der Waals surface area (Å²) in [5.74, 6) is 0.591. The summed E-state index contributed by atoms with van der Waals surface area (Å²) in [6.45, 7) is 3.77. The van der Waals surface area contributed by atoms with Crippen LogP contribution in [0.3, 0.4) is 0 Å². The minimum Gasteiger partial charge on any atom is -0.497 e. The summed E-state index contributed by atoms with van der Waals surface area (Å²) in [5, 5.41) is 10.1. The van der Waals surface area contributed by atoms with Crippen molar-refractivity contribution >= 4 is 21.6 Å². The summed E-state index contributed by atoms with van der Waals surface area (Å²) >= 11 is 0. The number of nitriles is 1. The van der Waals surface area contributed by atoms with Crippen molar-refractivity contribution in [2.75, 3.05) is 51.4 Å². The molecule has 12 nitrogen and oxygen atoms in total. The molecule has 3 aliphatic heterocycles. The van der Waals surface area contributed by atoms with Gasteiger partial charge in [-0.15, -0.1) is 0 Å². The van der Waals surface area contributed by atoms with E-state index in [0.29, 0.717) is 67.7 Å². The molecular formula is C35H35N5O7S. The molecule has 7 rings (SSSR count). The number of likely N-dealkylation sites (tertiary alicyclic amines) is 1. The van der Waals surface area contributed by atoms with E-state index in [1.165, 1.54) is 56.9 Å². The molecule has 0 bridgehead atoms. The molecule has 2 atom stereocenters. The van der Waals surface area contributed by atoms with Gasteiger partial charge in [-0.05, 0) is 73.0 Å². The minimum atomic E-state index is -4.46. The highest BCUT2D eigenvalue weighted by Gasteiger charge is 2.63. The maximum atomic E-state index is 15.6. The third-order valence-electron chi connectivity index (χ3n) is 9.41. The molecule has 0 radical (unpaired) electrons. The summed E-state index contributed by atoms with van der Waals surface area (Å²) < 4.78 is 52.6. The predicted molar refractivity (Wildman–Crippen MR) is 174 cm³/mol. The van der Waals surface area contributed by atoms with Gasteiger partial charge in [-0.3, -0.25) is 14.6 Å². The standard InChI is InChI=1S/C35H35N5O7S/c1-44-26-7-9-27(10-8-26)48(42,43)40-30-11-5-24(22-36)20-28(30)35(34(40)41,39-14-3-4-31(39)33-37-13-17-47-33)29-21-25(6-12-32(29)45-2)23-38-15-18-46-19-16-38/h5-13,17,20-21,31H,3-4,14-16,18-19,23H2,1-2H3/t31-,35?/m0/s1. The van der Waals surface area contributed by atoms with Crippen LogP contribution in [-0.2, 0) is 31.6 Å². The van der Waals surface area contributed by atoms with Crippen LogP contribution in [0.4, 0.5) is 5.69 Å². The van der Waals surface area contributed by atoms with E-state index in [4.69, 9.17) is 18.6 Å². The van der Waals surface area contributed by atoms with Gasteiger partial charge in [0.25, 0.3) is 15.9 Å². The normalized spacial score (nSPS) is 21.6. The van der Waals surface area contributed by atoms with Crippen LogP contribution >= 0.6 is 0 Å². The maximum absolute atomic E-state index is 15.6. The number of nitrogens with zero attached hydrogens (tertiary/aromatic N) is 5. The molecule has 0 spiro atoms. The fourth-order valence-electron chi connectivity index (χ4n) is 7.21. The Morgan fingerprint density at radius 3 is 2.48 bits per heavy atom. The number of morpholine rings is 1. The Bertz CT molecular complexity index is 1970. The second kappa shape index (κ2) is 12.7. The average Bonchev–Trinajstić information content (AvgIpc) is 3.87. The molecule has 1 unspecified atom stereocenters. The number of carbonyl (C=O) groups is 1. The Balaban J connectivity index is 1.50. The lowest BCUT2D eigenvalue weighted by molar-refractivity contribution is -0.127. The van der Waals surface area contributed by atoms with Gasteiger partial charge in [0.05, 0.1) is 61.9 Å². The molecule has 0 N–H and O–H groups in total. The van der Waals surface area contributed by atoms with Crippen molar-refractivity contribution in [2.45, 2.75) is 35.9 Å². The van der Waals surface area contributed by atoms with Crippen molar-refractivity contribution in [1.29, 1.82) is 5.26 Å². The first-order valence-corrected chi connectivity index (χ1v) is 17.2. The topological polar surface area (TPSA) is 138 Å². The van der Waals surface area contributed by atoms with Crippen molar-refractivity contribution in [3.63, 3.8) is 0 Å². The Kier molecular flexibility index (Phi) is 8.43. The van der Waals surface area contributed by atoms with Crippen LogP contribution in [0.15, 0.2) is 82.4 Å². The van der Waals surface area contributed by atoms with Crippen LogP contribution < -0.4 is 13.8 Å². The van der Waals surface area contributed by atoms with E-state index >= 15 is 4.79 Å². The van der Waals surface area contributed by atoms with Crippen molar-refractivity contribution in [1.82, 2.24) is 14.8 Å².